The van der Waals surface area contributed by atoms with Gasteiger partial charge in [0, 0.05) is 44.3 Å². The van der Waals surface area contributed by atoms with Gasteiger partial charge >= 0.3 is 0 Å². The Morgan fingerprint density at radius 3 is 1.78 bits per heavy atom. The summed E-state index contributed by atoms with van der Waals surface area (Å²) < 4.78 is 0. The predicted octanol–water partition coefficient (Wildman–Crippen LogP) is 3.84. The first-order valence-corrected chi connectivity index (χ1v) is 10.3. The van der Waals surface area contributed by atoms with Gasteiger partial charge in [0.1, 0.15) is 0 Å². The summed E-state index contributed by atoms with van der Waals surface area (Å²) in [4.78, 5) is 7.77. The molecule has 3 fully saturated rings. The van der Waals surface area contributed by atoms with Crippen molar-refractivity contribution >= 4 is 0 Å². The van der Waals surface area contributed by atoms with E-state index in [1.54, 1.807) is 0 Å². The van der Waals surface area contributed by atoms with E-state index in [1.807, 2.05) is 0 Å². The lowest BCUT2D eigenvalue weighted by atomic mass is 9.94. The van der Waals surface area contributed by atoms with Crippen LogP contribution in [0.15, 0.2) is 0 Å². The molecular formula is C20H41N3. The maximum Gasteiger partial charge on any atom is 0.0113 e. The predicted molar refractivity (Wildman–Crippen MR) is 101 cm³/mol. The minimum Gasteiger partial charge on any atom is -0.304 e. The average Bonchev–Trinajstić information content (AvgIpc) is 2.57. The van der Waals surface area contributed by atoms with E-state index >= 15 is 0 Å². The Hall–Kier alpha value is -0.120. The molecule has 0 amide bonds. The van der Waals surface area contributed by atoms with Crippen molar-refractivity contribution in [2.75, 3.05) is 39.8 Å². The average molecular weight is 324 g/mol. The Morgan fingerprint density at radius 1 is 0.739 bits per heavy atom. The molecule has 2 atom stereocenters. The molecule has 3 rings (SSSR count). The standard InChI is InChI=1S/C11H22N2.C9H19N/c1-12-7-9-13(10-8-12)11-5-3-2-4-6-11;1-4-10-8(2)6-5-7-9(10)3/h11H,2-10H2,1H3;8-9H,4-7H2,1-3H3/t;8-,9+. The zero-order chi connectivity index (χ0) is 16.7. The maximum absolute atomic E-state index is 2.72. The van der Waals surface area contributed by atoms with E-state index < -0.39 is 0 Å². The molecule has 2 aliphatic heterocycles. The van der Waals surface area contributed by atoms with Crippen LogP contribution < -0.4 is 0 Å². The Labute approximate surface area is 145 Å². The van der Waals surface area contributed by atoms with Gasteiger partial charge in [-0.15, -0.1) is 0 Å². The van der Waals surface area contributed by atoms with E-state index in [0.29, 0.717) is 0 Å². The molecule has 0 N–H and O–H groups in total. The summed E-state index contributed by atoms with van der Waals surface area (Å²) >= 11 is 0. The molecular weight excluding hydrogens is 282 g/mol. The van der Waals surface area contributed by atoms with Gasteiger partial charge in [-0.3, -0.25) is 9.80 Å². The van der Waals surface area contributed by atoms with Crippen molar-refractivity contribution in [1.29, 1.82) is 0 Å². The number of piperidine rings is 1. The minimum atomic E-state index is 0.828. The zero-order valence-electron chi connectivity index (χ0n) is 16.3. The molecule has 0 aromatic heterocycles. The fourth-order valence-electron chi connectivity index (χ4n) is 4.73. The van der Waals surface area contributed by atoms with Gasteiger partial charge in [-0.25, -0.2) is 0 Å². The highest BCUT2D eigenvalue weighted by molar-refractivity contribution is 4.80. The van der Waals surface area contributed by atoms with E-state index in [9.17, 15) is 0 Å². The Balaban J connectivity index is 0.000000174. The number of hydrogen-bond donors (Lipinski definition) is 0. The Kier molecular flexibility index (Phi) is 8.35. The fourth-order valence-corrected chi connectivity index (χ4v) is 4.73. The smallest absolute Gasteiger partial charge is 0.0113 e. The van der Waals surface area contributed by atoms with Gasteiger partial charge in [-0.2, -0.15) is 0 Å². The van der Waals surface area contributed by atoms with Crippen LogP contribution in [0.4, 0.5) is 0 Å². The number of nitrogens with zero attached hydrogens (tertiary/aromatic N) is 3. The molecule has 0 aromatic rings. The van der Waals surface area contributed by atoms with Crippen LogP contribution in [-0.2, 0) is 0 Å². The van der Waals surface area contributed by atoms with E-state index in [-0.39, 0.29) is 0 Å². The Bertz CT molecular complexity index is 296. The molecule has 3 nitrogen and oxygen atoms in total. The fraction of sp³-hybridized carbons (Fsp3) is 1.00. The van der Waals surface area contributed by atoms with Gasteiger partial charge in [0.05, 0.1) is 0 Å². The molecule has 0 spiro atoms. The second-order valence-electron chi connectivity index (χ2n) is 8.09. The topological polar surface area (TPSA) is 9.72 Å². The van der Waals surface area contributed by atoms with Crippen LogP contribution in [0.2, 0.25) is 0 Å². The van der Waals surface area contributed by atoms with Crippen LogP contribution in [-0.4, -0.2) is 72.6 Å². The van der Waals surface area contributed by atoms with Crippen molar-refractivity contribution in [2.24, 2.45) is 0 Å². The van der Waals surface area contributed by atoms with Crippen molar-refractivity contribution in [1.82, 2.24) is 14.7 Å². The second-order valence-corrected chi connectivity index (χ2v) is 8.09. The number of likely N-dealkylation sites (N-methyl/N-ethyl adjacent to an activating group) is 1. The van der Waals surface area contributed by atoms with Crippen molar-refractivity contribution < 1.29 is 0 Å². The Morgan fingerprint density at radius 2 is 1.30 bits per heavy atom. The minimum absolute atomic E-state index is 0.828. The van der Waals surface area contributed by atoms with Gasteiger partial charge in [-0.1, -0.05) is 32.6 Å². The summed E-state index contributed by atoms with van der Waals surface area (Å²) in [6.45, 7) is 13.3. The molecule has 0 unspecified atom stereocenters. The van der Waals surface area contributed by atoms with Gasteiger partial charge < -0.3 is 4.90 Å². The van der Waals surface area contributed by atoms with Gasteiger partial charge in [0.15, 0.2) is 0 Å². The first kappa shape index (κ1) is 19.2. The van der Waals surface area contributed by atoms with Gasteiger partial charge in [0.25, 0.3) is 0 Å². The van der Waals surface area contributed by atoms with E-state index in [2.05, 4.69) is 42.5 Å². The van der Waals surface area contributed by atoms with E-state index in [1.165, 1.54) is 84.1 Å². The van der Waals surface area contributed by atoms with Crippen molar-refractivity contribution in [2.45, 2.75) is 90.3 Å². The summed E-state index contributed by atoms with van der Waals surface area (Å²) in [6.07, 6.45) is 11.6. The lowest BCUT2D eigenvalue weighted by Gasteiger charge is -2.39. The third kappa shape index (κ3) is 6.03. The highest BCUT2D eigenvalue weighted by Gasteiger charge is 2.23. The van der Waals surface area contributed by atoms with Crippen LogP contribution in [0.5, 0.6) is 0 Å². The number of rotatable bonds is 2. The molecule has 0 radical (unpaired) electrons. The van der Waals surface area contributed by atoms with Crippen LogP contribution >= 0.6 is 0 Å². The lowest BCUT2D eigenvalue weighted by Crippen LogP contribution is -2.49. The van der Waals surface area contributed by atoms with E-state index in [4.69, 9.17) is 0 Å². The number of likely N-dealkylation sites (tertiary alicyclic amines) is 1. The molecule has 3 aliphatic rings. The quantitative estimate of drug-likeness (QED) is 0.764. The summed E-state index contributed by atoms with van der Waals surface area (Å²) in [5.74, 6) is 0. The lowest BCUT2D eigenvalue weighted by molar-refractivity contribution is 0.0913. The van der Waals surface area contributed by atoms with Gasteiger partial charge in [0.2, 0.25) is 0 Å². The molecule has 0 aromatic carbocycles. The molecule has 2 heterocycles. The summed E-state index contributed by atoms with van der Waals surface area (Å²) in [6, 6.07) is 2.59. The molecule has 1 saturated carbocycles. The third-order valence-corrected chi connectivity index (χ3v) is 6.37. The first-order valence-electron chi connectivity index (χ1n) is 10.3. The second kappa shape index (κ2) is 10.0. The molecule has 1 aliphatic carbocycles. The normalized spacial score (nSPS) is 32.3. The van der Waals surface area contributed by atoms with Crippen LogP contribution in [0, 0.1) is 0 Å². The van der Waals surface area contributed by atoms with Gasteiger partial charge in [-0.05, 0) is 53.1 Å². The zero-order valence-corrected chi connectivity index (χ0v) is 16.3. The number of piperazine rings is 1. The summed E-state index contributed by atoms with van der Waals surface area (Å²) in [5.41, 5.74) is 0. The number of hydrogen-bond acceptors (Lipinski definition) is 3. The molecule has 136 valence electrons. The maximum atomic E-state index is 2.72. The van der Waals surface area contributed by atoms with Crippen LogP contribution in [0.3, 0.4) is 0 Å². The van der Waals surface area contributed by atoms with Crippen LogP contribution in [0.25, 0.3) is 0 Å². The highest BCUT2D eigenvalue weighted by atomic mass is 15.3. The summed E-state index contributed by atoms with van der Waals surface area (Å²) in [7, 11) is 2.23. The largest absolute Gasteiger partial charge is 0.304 e. The molecule has 23 heavy (non-hydrogen) atoms. The van der Waals surface area contributed by atoms with Crippen LogP contribution in [0.1, 0.15) is 72.1 Å². The van der Waals surface area contributed by atoms with Crippen molar-refractivity contribution in [3.8, 4) is 0 Å². The SMILES string of the molecule is CCN1[C@H](C)CCC[C@@H]1C.CN1CCN(C2CCCCC2)CC1. The first-order chi connectivity index (χ1) is 11.1. The molecule has 2 saturated heterocycles. The molecule has 0 bridgehead atoms. The molecule has 3 heteroatoms. The summed E-state index contributed by atoms with van der Waals surface area (Å²) in [5, 5.41) is 0. The van der Waals surface area contributed by atoms with Crippen molar-refractivity contribution in [3.05, 3.63) is 0 Å². The monoisotopic (exact) mass is 323 g/mol. The van der Waals surface area contributed by atoms with Crippen molar-refractivity contribution in [3.63, 3.8) is 0 Å². The van der Waals surface area contributed by atoms with E-state index in [0.717, 1.165) is 18.1 Å². The third-order valence-electron chi connectivity index (χ3n) is 6.37. The highest BCUT2D eigenvalue weighted by Crippen LogP contribution is 2.23.